The fraction of sp³-hybridized carbons (Fsp3) is 0.241. The van der Waals surface area contributed by atoms with E-state index in [0.29, 0.717) is 41.2 Å². The highest BCUT2D eigenvalue weighted by Crippen LogP contribution is 2.25. The Kier molecular flexibility index (Phi) is 8.12. The molecule has 39 heavy (non-hydrogen) atoms. The number of methoxy groups -OCH3 is 1. The number of piperazine rings is 1. The molecule has 0 spiro atoms. The molecule has 1 N–H and O–H groups in total. The second-order valence-corrected chi connectivity index (χ2v) is 10.1. The second kappa shape index (κ2) is 12.0. The van der Waals surface area contributed by atoms with Crippen LogP contribution in [0.5, 0.6) is 5.75 Å². The summed E-state index contributed by atoms with van der Waals surface area (Å²) in [5.41, 5.74) is 4.34. The van der Waals surface area contributed by atoms with Crippen LogP contribution in [0.1, 0.15) is 15.9 Å². The molecule has 1 aliphatic heterocycles. The summed E-state index contributed by atoms with van der Waals surface area (Å²) in [4.78, 5) is 29.5. The zero-order chi connectivity index (χ0) is 27.2. The number of hydrogen-bond donors (Lipinski definition) is 1. The van der Waals surface area contributed by atoms with Crippen molar-refractivity contribution in [2.75, 3.05) is 49.3 Å². The van der Waals surface area contributed by atoms with E-state index in [1.54, 1.807) is 13.2 Å². The number of aryl methyl sites for hydroxylation is 1. The molecule has 1 aromatic heterocycles. The summed E-state index contributed by atoms with van der Waals surface area (Å²) in [5, 5.41) is 11.4. The molecule has 0 saturated carbocycles. The van der Waals surface area contributed by atoms with E-state index < -0.39 is 0 Å². The standard InChI is InChI=1S/C29H29N5O4S/c1-20-5-3-6-21(17-20)27-31-32-29(38-27)39-19-26(35)30-23-9-11-24(12-10-23)33-13-15-34(16-14-33)28(36)22-7-4-8-25(18-22)37-2/h3-12,17-18H,13-16,19H2,1-2H3,(H,30,35). The first-order valence-corrected chi connectivity index (χ1v) is 13.6. The molecular formula is C29H29N5O4S. The summed E-state index contributed by atoms with van der Waals surface area (Å²) < 4.78 is 10.9. The maximum absolute atomic E-state index is 12.9. The van der Waals surface area contributed by atoms with Gasteiger partial charge in [-0.25, -0.2) is 0 Å². The van der Waals surface area contributed by atoms with Crippen molar-refractivity contribution in [2.24, 2.45) is 0 Å². The zero-order valence-electron chi connectivity index (χ0n) is 21.8. The van der Waals surface area contributed by atoms with E-state index in [0.717, 1.165) is 29.9 Å². The average molecular weight is 544 g/mol. The fourth-order valence-electron chi connectivity index (χ4n) is 4.35. The highest BCUT2D eigenvalue weighted by Gasteiger charge is 2.22. The van der Waals surface area contributed by atoms with Crippen molar-refractivity contribution in [1.82, 2.24) is 15.1 Å². The molecule has 5 rings (SSSR count). The molecule has 0 radical (unpaired) electrons. The Morgan fingerprint density at radius 3 is 2.49 bits per heavy atom. The van der Waals surface area contributed by atoms with Crippen LogP contribution in [0.2, 0.25) is 0 Å². The lowest BCUT2D eigenvalue weighted by Gasteiger charge is -2.36. The topological polar surface area (TPSA) is 101 Å². The minimum atomic E-state index is -0.160. The van der Waals surface area contributed by atoms with Gasteiger partial charge < -0.3 is 24.3 Å². The SMILES string of the molecule is COc1cccc(C(=O)N2CCN(c3ccc(NC(=O)CSc4nnc(-c5cccc(C)c5)o4)cc3)CC2)c1. The predicted octanol–water partition coefficient (Wildman–Crippen LogP) is 4.75. The Labute approximate surface area is 231 Å². The van der Waals surface area contributed by atoms with Crippen LogP contribution in [-0.4, -0.2) is 66.0 Å². The van der Waals surface area contributed by atoms with Gasteiger partial charge in [0.1, 0.15) is 5.75 Å². The molecule has 4 aromatic rings. The minimum Gasteiger partial charge on any atom is -0.497 e. The van der Waals surface area contributed by atoms with Gasteiger partial charge in [0.05, 0.1) is 12.9 Å². The fourth-order valence-corrected chi connectivity index (χ4v) is 4.91. The summed E-state index contributed by atoms with van der Waals surface area (Å²) in [6.45, 7) is 4.72. The van der Waals surface area contributed by atoms with Gasteiger partial charge in [-0.1, -0.05) is 35.5 Å². The van der Waals surface area contributed by atoms with Gasteiger partial charge in [0.15, 0.2) is 0 Å². The minimum absolute atomic E-state index is 0.0106. The highest BCUT2D eigenvalue weighted by molar-refractivity contribution is 7.99. The maximum Gasteiger partial charge on any atom is 0.277 e. The molecule has 1 aliphatic rings. The van der Waals surface area contributed by atoms with Crippen LogP contribution in [0.4, 0.5) is 11.4 Å². The van der Waals surface area contributed by atoms with E-state index in [1.165, 1.54) is 11.8 Å². The normalized spacial score (nSPS) is 13.3. The van der Waals surface area contributed by atoms with E-state index in [4.69, 9.17) is 9.15 Å². The first-order chi connectivity index (χ1) is 19.0. The number of aromatic nitrogens is 2. The van der Waals surface area contributed by atoms with Gasteiger partial charge in [0.2, 0.25) is 11.8 Å². The van der Waals surface area contributed by atoms with Gasteiger partial charge in [-0.15, -0.1) is 10.2 Å². The Morgan fingerprint density at radius 1 is 0.974 bits per heavy atom. The van der Waals surface area contributed by atoms with Crippen LogP contribution < -0.4 is 15.0 Å². The van der Waals surface area contributed by atoms with Crippen molar-refractivity contribution in [2.45, 2.75) is 12.1 Å². The van der Waals surface area contributed by atoms with Crippen molar-refractivity contribution in [3.05, 3.63) is 83.9 Å². The lowest BCUT2D eigenvalue weighted by molar-refractivity contribution is -0.113. The van der Waals surface area contributed by atoms with Crippen molar-refractivity contribution in [1.29, 1.82) is 0 Å². The molecule has 0 bridgehead atoms. The molecule has 0 atom stereocenters. The van der Waals surface area contributed by atoms with Crippen LogP contribution in [0.15, 0.2) is 82.4 Å². The number of anilines is 2. The largest absolute Gasteiger partial charge is 0.497 e. The number of benzene rings is 3. The van der Waals surface area contributed by atoms with Crippen LogP contribution >= 0.6 is 11.8 Å². The third kappa shape index (κ3) is 6.58. The average Bonchev–Trinajstić information content (AvgIpc) is 3.46. The number of carbonyl (C=O) groups excluding carboxylic acids is 2. The third-order valence-electron chi connectivity index (χ3n) is 6.40. The Bertz CT molecular complexity index is 1450. The first-order valence-electron chi connectivity index (χ1n) is 12.6. The van der Waals surface area contributed by atoms with Gasteiger partial charge in [-0.2, -0.15) is 0 Å². The molecule has 0 unspecified atom stereocenters. The number of amides is 2. The molecule has 9 nitrogen and oxygen atoms in total. The zero-order valence-corrected chi connectivity index (χ0v) is 22.6. The predicted molar refractivity (Wildman–Crippen MR) is 151 cm³/mol. The van der Waals surface area contributed by atoms with Crippen molar-refractivity contribution >= 4 is 35.0 Å². The number of nitrogens with one attached hydrogen (secondary N) is 1. The van der Waals surface area contributed by atoms with Gasteiger partial charge in [-0.05, 0) is 61.5 Å². The number of ether oxygens (including phenoxy) is 1. The highest BCUT2D eigenvalue weighted by atomic mass is 32.2. The van der Waals surface area contributed by atoms with Crippen LogP contribution in [-0.2, 0) is 4.79 Å². The van der Waals surface area contributed by atoms with Crippen LogP contribution in [0.25, 0.3) is 11.5 Å². The molecular weight excluding hydrogens is 514 g/mol. The molecule has 3 aromatic carbocycles. The van der Waals surface area contributed by atoms with Crippen LogP contribution in [0, 0.1) is 6.92 Å². The van der Waals surface area contributed by atoms with Gasteiger partial charge in [-0.3, -0.25) is 9.59 Å². The first kappa shape index (κ1) is 26.3. The van der Waals surface area contributed by atoms with Crippen LogP contribution in [0.3, 0.4) is 0 Å². The molecule has 2 heterocycles. The quantitative estimate of drug-likeness (QED) is 0.318. The summed E-state index contributed by atoms with van der Waals surface area (Å²) in [6.07, 6.45) is 0. The Hall–Kier alpha value is -4.31. The van der Waals surface area contributed by atoms with Crippen molar-refractivity contribution < 1.29 is 18.7 Å². The lowest BCUT2D eigenvalue weighted by Crippen LogP contribution is -2.48. The second-order valence-electron chi connectivity index (χ2n) is 9.14. The molecule has 200 valence electrons. The Balaban J connectivity index is 1.09. The summed E-state index contributed by atoms with van der Waals surface area (Å²) >= 11 is 1.20. The number of hydrogen-bond acceptors (Lipinski definition) is 8. The van der Waals surface area contributed by atoms with E-state index in [-0.39, 0.29) is 17.6 Å². The van der Waals surface area contributed by atoms with E-state index in [9.17, 15) is 9.59 Å². The maximum atomic E-state index is 12.9. The third-order valence-corrected chi connectivity index (χ3v) is 7.22. The summed E-state index contributed by atoms with van der Waals surface area (Å²) in [6, 6.07) is 22.8. The van der Waals surface area contributed by atoms with Gasteiger partial charge >= 0.3 is 0 Å². The number of nitrogens with zero attached hydrogens (tertiary/aromatic N) is 4. The van der Waals surface area contributed by atoms with E-state index in [1.807, 2.05) is 78.6 Å². The Morgan fingerprint density at radius 2 is 1.74 bits per heavy atom. The van der Waals surface area contributed by atoms with E-state index >= 15 is 0 Å². The summed E-state index contributed by atoms with van der Waals surface area (Å²) in [5.74, 6) is 1.11. The smallest absolute Gasteiger partial charge is 0.277 e. The molecule has 1 saturated heterocycles. The lowest BCUT2D eigenvalue weighted by atomic mass is 10.1. The molecule has 10 heteroatoms. The van der Waals surface area contributed by atoms with Crippen molar-refractivity contribution in [3.63, 3.8) is 0 Å². The van der Waals surface area contributed by atoms with Gasteiger partial charge in [0.25, 0.3) is 11.1 Å². The van der Waals surface area contributed by atoms with Gasteiger partial charge in [0, 0.05) is 48.7 Å². The molecule has 0 aliphatic carbocycles. The number of rotatable bonds is 8. The monoisotopic (exact) mass is 543 g/mol. The number of thioether (sulfide) groups is 1. The molecule has 2 amide bonds. The molecule has 1 fully saturated rings. The van der Waals surface area contributed by atoms with E-state index in [2.05, 4.69) is 20.4 Å². The van der Waals surface area contributed by atoms with Crippen molar-refractivity contribution in [3.8, 4) is 17.2 Å². The summed E-state index contributed by atoms with van der Waals surface area (Å²) in [7, 11) is 1.59. The number of carbonyl (C=O) groups is 2.